The molecule has 0 bridgehead atoms. The highest BCUT2D eigenvalue weighted by atomic mass is 19.4. The molecule has 146 valence electrons. The van der Waals surface area contributed by atoms with E-state index in [-0.39, 0.29) is 12.0 Å². The van der Waals surface area contributed by atoms with Gasteiger partial charge in [0.1, 0.15) is 17.2 Å². The third kappa shape index (κ3) is 4.69. The molecule has 0 amide bonds. The average Bonchev–Trinajstić information content (AvgIpc) is 2.60. The summed E-state index contributed by atoms with van der Waals surface area (Å²) in [6.45, 7) is 2.23. The van der Waals surface area contributed by atoms with E-state index in [0.717, 1.165) is 23.6 Å². The van der Waals surface area contributed by atoms with Crippen molar-refractivity contribution in [1.29, 1.82) is 0 Å². The van der Waals surface area contributed by atoms with Crippen molar-refractivity contribution in [3.63, 3.8) is 0 Å². The first-order valence-corrected chi connectivity index (χ1v) is 9.42. The van der Waals surface area contributed by atoms with Gasteiger partial charge in [0.15, 0.2) is 0 Å². The number of hydrogen-bond acceptors (Lipinski definition) is 0. The van der Waals surface area contributed by atoms with Crippen molar-refractivity contribution in [2.45, 2.75) is 57.5 Å². The molecule has 1 fully saturated rings. The van der Waals surface area contributed by atoms with Crippen molar-refractivity contribution in [3.8, 4) is 0 Å². The summed E-state index contributed by atoms with van der Waals surface area (Å²) in [7, 11) is 0. The van der Waals surface area contributed by atoms with Crippen molar-refractivity contribution in [1.82, 2.24) is 0 Å². The van der Waals surface area contributed by atoms with Crippen molar-refractivity contribution in [3.05, 3.63) is 70.3 Å². The Morgan fingerprint density at radius 2 is 1.41 bits per heavy atom. The second-order valence-corrected chi connectivity index (χ2v) is 7.48. The van der Waals surface area contributed by atoms with Gasteiger partial charge >= 0.3 is 6.18 Å². The lowest BCUT2D eigenvalue weighted by atomic mass is 9.78. The normalized spacial score (nSPS) is 20.7. The fourth-order valence-corrected chi connectivity index (χ4v) is 4.05. The van der Waals surface area contributed by atoms with Gasteiger partial charge in [-0.1, -0.05) is 37.6 Å². The van der Waals surface area contributed by atoms with Gasteiger partial charge in [-0.3, -0.25) is 0 Å². The van der Waals surface area contributed by atoms with E-state index in [1.165, 1.54) is 37.7 Å². The molecule has 0 nitrogen and oxygen atoms in total. The average molecular weight is 382 g/mol. The summed E-state index contributed by atoms with van der Waals surface area (Å²) < 4.78 is 65.4. The van der Waals surface area contributed by atoms with Gasteiger partial charge < -0.3 is 0 Å². The lowest BCUT2D eigenvalue weighted by Crippen LogP contribution is -2.12. The molecule has 1 saturated carbocycles. The van der Waals surface area contributed by atoms with Crippen LogP contribution in [0.2, 0.25) is 0 Å². The lowest BCUT2D eigenvalue weighted by molar-refractivity contribution is -0.142. The largest absolute Gasteiger partial charge is 0.422 e. The molecule has 0 aromatic heterocycles. The predicted octanol–water partition coefficient (Wildman–Crippen LogP) is 7.26. The van der Waals surface area contributed by atoms with E-state index in [1.54, 1.807) is 0 Å². The number of halogens is 5. The van der Waals surface area contributed by atoms with Crippen LogP contribution in [0.4, 0.5) is 22.0 Å². The summed E-state index contributed by atoms with van der Waals surface area (Å²) in [6, 6.07) is 9.40. The van der Waals surface area contributed by atoms with E-state index in [0.29, 0.717) is 5.92 Å². The second kappa shape index (κ2) is 7.99. The topological polar surface area (TPSA) is 0 Å². The molecular formula is C22H23F5. The maximum absolute atomic E-state index is 13.7. The van der Waals surface area contributed by atoms with Crippen LogP contribution in [0.15, 0.2) is 36.4 Å². The zero-order valence-electron chi connectivity index (χ0n) is 15.3. The fraction of sp³-hybridized carbons (Fsp3) is 0.455. The molecule has 0 spiro atoms. The van der Waals surface area contributed by atoms with Gasteiger partial charge in [0.05, 0.1) is 0 Å². The zero-order chi connectivity index (χ0) is 19.6. The molecule has 2 aromatic rings. The van der Waals surface area contributed by atoms with Gasteiger partial charge in [-0.25, -0.2) is 8.78 Å². The molecule has 1 aliphatic rings. The van der Waals surface area contributed by atoms with Crippen LogP contribution in [0.25, 0.3) is 0 Å². The number of rotatable bonds is 4. The third-order valence-corrected chi connectivity index (χ3v) is 5.67. The van der Waals surface area contributed by atoms with E-state index in [1.807, 2.05) is 24.3 Å². The highest BCUT2D eigenvalue weighted by Crippen LogP contribution is 2.37. The quantitative estimate of drug-likeness (QED) is 0.488. The van der Waals surface area contributed by atoms with E-state index in [4.69, 9.17) is 0 Å². The van der Waals surface area contributed by atoms with Crippen LogP contribution in [-0.4, -0.2) is 0 Å². The number of benzene rings is 2. The SMILES string of the molecule is CCC1CCC(c2ccc(Cc3cc(F)c(C(F)(F)F)c(F)c3)cc2)CC1. The van der Waals surface area contributed by atoms with Crippen molar-refractivity contribution < 1.29 is 22.0 Å². The van der Waals surface area contributed by atoms with Gasteiger partial charge in [0, 0.05) is 0 Å². The van der Waals surface area contributed by atoms with Crippen molar-refractivity contribution in [2.24, 2.45) is 5.92 Å². The minimum absolute atomic E-state index is 0.189. The molecule has 0 heterocycles. The molecule has 5 heteroatoms. The van der Waals surface area contributed by atoms with Crippen LogP contribution in [0.1, 0.15) is 67.2 Å². The summed E-state index contributed by atoms with van der Waals surface area (Å²) in [4.78, 5) is 0. The Hall–Kier alpha value is -1.91. The second-order valence-electron chi connectivity index (χ2n) is 7.48. The fourth-order valence-electron chi connectivity index (χ4n) is 4.05. The monoisotopic (exact) mass is 382 g/mol. The summed E-state index contributed by atoms with van der Waals surface area (Å²) >= 11 is 0. The van der Waals surface area contributed by atoms with Crippen molar-refractivity contribution >= 4 is 0 Å². The minimum atomic E-state index is -5.04. The maximum Gasteiger partial charge on any atom is 0.422 e. The van der Waals surface area contributed by atoms with Crippen LogP contribution in [0.5, 0.6) is 0 Å². The molecule has 0 aliphatic heterocycles. The van der Waals surface area contributed by atoms with E-state index >= 15 is 0 Å². The summed E-state index contributed by atoms with van der Waals surface area (Å²) in [5, 5.41) is 0. The molecular weight excluding hydrogens is 359 g/mol. The number of alkyl halides is 3. The van der Waals surface area contributed by atoms with Gasteiger partial charge in [-0.2, -0.15) is 13.2 Å². The van der Waals surface area contributed by atoms with Crippen molar-refractivity contribution in [2.75, 3.05) is 0 Å². The number of hydrogen-bond donors (Lipinski definition) is 0. The van der Waals surface area contributed by atoms with Crippen LogP contribution in [-0.2, 0) is 12.6 Å². The summed E-state index contributed by atoms with van der Waals surface area (Å²) in [6.07, 6.45) is 1.21. The van der Waals surface area contributed by atoms with E-state index < -0.39 is 23.4 Å². The van der Waals surface area contributed by atoms with Gasteiger partial charge in [0.2, 0.25) is 0 Å². The molecule has 27 heavy (non-hydrogen) atoms. The molecule has 1 aliphatic carbocycles. The van der Waals surface area contributed by atoms with E-state index in [2.05, 4.69) is 6.92 Å². The molecule has 2 aromatic carbocycles. The zero-order valence-corrected chi connectivity index (χ0v) is 15.3. The Kier molecular flexibility index (Phi) is 5.87. The summed E-state index contributed by atoms with van der Waals surface area (Å²) in [5.74, 6) is -1.77. The molecule has 0 radical (unpaired) electrons. The molecule has 3 rings (SSSR count). The Morgan fingerprint density at radius 3 is 1.89 bits per heavy atom. The van der Waals surface area contributed by atoms with Gasteiger partial charge in [-0.15, -0.1) is 0 Å². The first kappa shape index (κ1) is 19.8. The maximum atomic E-state index is 13.7. The van der Waals surface area contributed by atoms with Crippen LogP contribution >= 0.6 is 0 Å². The highest BCUT2D eigenvalue weighted by Gasteiger charge is 2.37. The van der Waals surface area contributed by atoms with Gasteiger partial charge in [-0.05, 0) is 72.8 Å². The molecule has 0 atom stereocenters. The minimum Gasteiger partial charge on any atom is -0.206 e. The first-order chi connectivity index (χ1) is 12.8. The smallest absolute Gasteiger partial charge is 0.206 e. The van der Waals surface area contributed by atoms with Crippen LogP contribution in [0, 0.1) is 17.6 Å². The standard InChI is InChI=1S/C22H23F5/c1-2-14-3-7-17(8-4-14)18-9-5-15(6-10-18)11-16-12-19(23)21(20(24)13-16)22(25,26)27/h5-6,9-10,12-14,17H,2-4,7-8,11H2,1H3. The Labute approximate surface area is 156 Å². The molecule has 0 unspecified atom stereocenters. The Morgan fingerprint density at radius 1 is 0.852 bits per heavy atom. The Balaban J connectivity index is 1.70. The molecule has 0 saturated heterocycles. The Bertz CT molecular complexity index is 745. The van der Waals surface area contributed by atoms with E-state index in [9.17, 15) is 22.0 Å². The molecule has 0 N–H and O–H groups in total. The van der Waals surface area contributed by atoms with Crippen LogP contribution < -0.4 is 0 Å². The predicted molar refractivity (Wildman–Crippen MR) is 95.6 cm³/mol. The van der Waals surface area contributed by atoms with Gasteiger partial charge in [0.25, 0.3) is 0 Å². The van der Waals surface area contributed by atoms with Crippen LogP contribution in [0.3, 0.4) is 0 Å². The third-order valence-electron chi connectivity index (χ3n) is 5.67. The first-order valence-electron chi connectivity index (χ1n) is 9.42. The highest BCUT2D eigenvalue weighted by molar-refractivity contribution is 5.34. The summed E-state index contributed by atoms with van der Waals surface area (Å²) in [5.41, 5.74) is 0.441. The lowest BCUT2D eigenvalue weighted by Gasteiger charge is -2.28.